The minimum atomic E-state index is -4.98. The van der Waals surface area contributed by atoms with Gasteiger partial charge in [0.15, 0.2) is 12.2 Å². The SMILES string of the molecule is CC/C=C\C/C=C\C/C=C\C/C=C\C/C=C\CCCCCC(=O)OCC(COP(=O)(O)OCC(O)COP(=O)(O)OCC(COC(=O)CCCCCC/C=C\C/C=C\C/C=C\C/C=C\CC)OC(=O)CCCCCCCCCCCCCCC)OC(=O)CCCCCCCCCCCCCCC. The number of allylic oxidation sites excluding steroid dienone is 18. The largest absolute Gasteiger partial charge is 0.472 e. The minimum absolute atomic E-state index is 0.0894. The average Bonchev–Trinajstić information content (AvgIpc) is 0.909. The molecule has 0 bridgehead atoms. The number of carbonyl (C=O) groups excluding carboxylic acids is 4. The first kappa shape index (κ1) is 97.7. The molecular formula is C83H144O17P2. The van der Waals surface area contributed by atoms with E-state index in [1.165, 1.54) is 103 Å². The third-order valence-corrected chi connectivity index (χ3v) is 18.7. The van der Waals surface area contributed by atoms with Crippen LogP contribution in [-0.4, -0.2) is 96.7 Å². The van der Waals surface area contributed by atoms with Crippen LogP contribution in [0.25, 0.3) is 0 Å². The van der Waals surface area contributed by atoms with Crippen LogP contribution >= 0.6 is 15.6 Å². The first-order valence-corrected chi connectivity index (χ1v) is 43.1. The molecule has 17 nitrogen and oxygen atoms in total. The summed E-state index contributed by atoms with van der Waals surface area (Å²) >= 11 is 0. The lowest BCUT2D eigenvalue weighted by atomic mass is 10.0. The molecule has 102 heavy (non-hydrogen) atoms. The van der Waals surface area contributed by atoms with Crippen molar-refractivity contribution in [3.05, 3.63) is 109 Å². The molecule has 3 N–H and O–H groups in total. The average molecular weight is 1480 g/mol. The number of hydrogen-bond donors (Lipinski definition) is 3. The Morgan fingerprint density at radius 2 is 0.510 bits per heavy atom. The van der Waals surface area contributed by atoms with Crippen LogP contribution in [0.15, 0.2) is 109 Å². The maximum Gasteiger partial charge on any atom is 0.472 e. The quantitative estimate of drug-likeness (QED) is 0.0169. The number of ether oxygens (including phenoxy) is 4. The molecule has 0 rings (SSSR count). The predicted molar refractivity (Wildman–Crippen MR) is 418 cm³/mol. The molecule has 0 heterocycles. The maximum absolute atomic E-state index is 13.1. The lowest BCUT2D eigenvalue weighted by Gasteiger charge is -2.21. The second kappa shape index (κ2) is 75.0. The molecule has 0 spiro atoms. The number of aliphatic hydroxyl groups is 1. The van der Waals surface area contributed by atoms with Crippen molar-refractivity contribution in [2.45, 2.75) is 354 Å². The third-order valence-electron chi connectivity index (χ3n) is 16.8. The van der Waals surface area contributed by atoms with E-state index in [2.05, 4.69) is 137 Å². The summed E-state index contributed by atoms with van der Waals surface area (Å²) in [6, 6.07) is 0. The lowest BCUT2D eigenvalue weighted by molar-refractivity contribution is -0.161. The van der Waals surface area contributed by atoms with Crippen LogP contribution < -0.4 is 0 Å². The Morgan fingerprint density at radius 3 is 0.794 bits per heavy atom. The van der Waals surface area contributed by atoms with E-state index in [0.717, 1.165) is 154 Å². The van der Waals surface area contributed by atoms with Gasteiger partial charge in [0, 0.05) is 25.7 Å². The number of aliphatic hydroxyl groups excluding tert-OH is 1. The number of unbranched alkanes of at least 4 members (excludes halogenated alkanes) is 31. The summed E-state index contributed by atoms with van der Waals surface area (Å²) in [7, 11) is -9.96. The van der Waals surface area contributed by atoms with Crippen molar-refractivity contribution in [3.8, 4) is 0 Å². The molecule has 0 aliphatic rings. The molecule has 0 aromatic heterocycles. The Morgan fingerprint density at radius 1 is 0.284 bits per heavy atom. The van der Waals surface area contributed by atoms with Gasteiger partial charge in [-0.1, -0.05) is 310 Å². The Balaban J connectivity index is 5.36. The molecule has 0 radical (unpaired) electrons. The molecule has 5 unspecified atom stereocenters. The highest BCUT2D eigenvalue weighted by Gasteiger charge is 2.30. The number of carbonyl (C=O) groups is 4. The summed E-state index contributed by atoms with van der Waals surface area (Å²) in [5.41, 5.74) is 0. The van der Waals surface area contributed by atoms with E-state index in [1.54, 1.807) is 0 Å². The molecule has 0 aromatic rings. The maximum atomic E-state index is 13.1. The van der Waals surface area contributed by atoms with Gasteiger partial charge in [-0.2, -0.15) is 0 Å². The summed E-state index contributed by atoms with van der Waals surface area (Å²) in [5, 5.41) is 10.6. The van der Waals surface area contributed by atoms with Gasteiger partial charge in [0.2, 0.25) is 0 Å². The number of phosphoric ester groups is 2. The van der Waals surface area contributed by atoms with Gasteiger partial charge in [-0.3, -0.25) is 37.3 Å². The van der Waals surface area contributed by atoms with E-state index >= 15 is 0 Å². The Hall–Kier alpha value is -4.28. The topological polar surface area (TPSA) is 237 Å². The van der Waals surface area contributed by atoms with E-state index in [0.29, 0.717) is 25.7 Å². The first-order valence-electron chi connectivity index (χ1n) is 40.1. The lowest BCUT2D eigenvalue weighted by Crippen LogP contribution is -2.30. The highest BCUT2D eigenvalue weighted by molar-refractivity contribution is 7.47. The van der Waals surface area contributed by atoms with Gasteiger partial charge >= 0.3 is 39.5 Å². The van der Waals surface area contributed by atoms with Gasteiger partial charge in [0.25, 0.3) is 0 Å². The van der Waals surface area contributed by atoms with Crippen LogP contribution in [0.4, 0.5) is 0 Å². The zero-order valence-corrected chi connectivity index (χ0v) is 66.0. The number of rotatable bonds is 75. The third kappa shape index (κ3) is 74.0. The van der Waals surface area contributed by atoms with Crippen LogP contribution in [0.2, 0.25) is 0 Å². The molecule has 0 aliphatic carbocycles. The first-order chi connectivity index (χ1) is 49.7. The fourth-order valence-corrected chi connectivity index (χ4v) is 12.3. The van der Waals surface area contributed by atoms with Gasteiger partial charge in [0.05, 0.1) is 26.4 Å². The zero-order chi connectivity index (χ0) is 74.6. The second-order valence-electron chi connectivity index (χ2n) is 26.6. The van der Waals surface area contributed by atoms with Gasteiger partial charge < -0.3 is 33.8 Å². The summed E-state index contributed by atoms with van der Waals surface area (Å²) in [6.45, 7) is 4.62. The molecule has 19 heteroatoms. The Kier molecular flexibility index (Phi) is 71.8. The van der Waals surface area contributed by atoms with Crippen LogP contribution in [0.1, 0.15) is 336 Å². The highest BCUT2D eigenvalue weighted by Crippen LogP contribution is 2.45. The second-order valence-corrected chi connectivity index (χ2v) is 29.5. The van der Waals surface area contributed by atoms with Crippen molar-refractivity contribution < 1.29 is 80.2 Å². The normalized spacial score (nSPS) is 14.5. The number of esters is 4. The molecule has 588 valence electrons. The van der Waals surface area contributed by atoms with Crippen molar-refractivity contribution in [3.63, 3.8) is 0 Å². The zero-order valence-electron chi connectivity index (χ0n) is 64.3. The van der Waals surface area contributed by atoms with E-state index in [1.807, 2.05) is 0 Å². The van der Waals surface area contributed by atoms with Gasteiger partial charge in [0.1, 0.15) is 19.3 Å². The number of hydrogen-bond acceptors (Lipinski definition) is 15. The van der Waals surface area contributed by atoms with Crippen LogP contribution in [0, 0.1) is 0 Å². The van der Waals surface area contributed by atoms with E-state index in [-0.39, 0.29) is 25.7 Å². The molecule has 0 aromatic carbocycles. The summed E-state index contributed by atoms with van der Waals surface area (Å²) in [4.78, 5) is 73.0. The van der Waals surface area contributed by atoms with Gasteiger partial charge in [-0.15, -0.1) is 0 Å². The molecule has 5 atom stereocenters. The molecule has 0 saturated heterocycles. The van der Waals surface area contributed by atoms with E-state index in [9.17, 15) is 43.2 Å². The van der Waals surface area contributed by atoms with Crippen LogP contribution in [-0.2, 0) is 65.4 Å². The molecule has 0 amide bonds. The van der Waals surface area contributed by atoms with Crippen molar-refractivity contribution in [1.29, 1.82) is 0 Å². The molecular weight excluding hydrogens is 1330 g/mol. The van der Waals surface area contributed by atoms with Gasteiger partial charge in [-0.05, 0) is 109 Å². The summed E-state index contributed by atoms with van der Waals surface area (Å²) < 4.78 is 68.6. The smallest absolute Gasteiger partial charge is 0.462 e. The monoisotopic (exact) mass is 1470 g/mol. The van der Waals surface area contributed by atoms with Crippen molar-refractivity contribution in [2.75, 3.05) is 39.6 Å². The Bertz CT molecular complexity index is 2360. The van der Waals surface area contributed by atoms with E-state index in [4.69, 9.17) is 37.0 Å². The van der Waals surface area contributed by atoms with Crippen molar-refractivity contribution >= 4 is 39.5 Å². The van der Waals surface area contributed by atoms with Crippen LogP contribution in [0.3, 0.4) is 0 Å². The van der Waals surface area contributed by atoms with Crippen molar-refractivity contribution in [2.24, 2.45) is 0 Å². The van der Waals surface area contributed by atoms with Crippen LogP contribution in [0.5, 0.6) is 0 Å². The fourth-order valence-electron chi connectivity index (χ4n) is 10.7. The predicted octanol–water partition coefficient (Wildman–Crippen LogP) is 23.3. The highest BCUT2D eigenvalue weighted by atomic mass is 31.2. The molecule has 0 aliphatic heterocycles. The van der Waals surface area contributed by atoms with E-state index < -0.39 is 97.5 Å². The molecule has 0 fully saturated rings. The standard InChI is InChI=1S/C83H144O17P2/c1-5-9-13-17-21-25-29-33-35-37-38-40-42-46-48-52-56-60-64-68-81(86)94-74-79(100-83(88)70-66-62-58-54-50-44-32-28-24-20-16-12-8-4)76-98-102(91,92)96-72-77(84)71-95-101(89,90)97-75-78(99-82(87)69-65-61-57-53-49-43-31-27-23-19-15-11-7-3)73-93-80(85)67-63-59-55-51-47-45-41-39-36-34-30-26-22-18-14-10-6-2/h9-10,13-14,21-22,25-26,33-36,38,40-41,45-46,48,77-79,84H,5-8,11-12,15-20,23-24,27-32,37,39,42-44,47,49-76H2,1-4H3,(H,89,90)(H,91,92)/b13-9-,14-10-,25-21-,26-22-,35-33-,36-34-,40-38-,45-41-,48-46-. The van der Waals surface area contributed by atoms with Gasteiger partial charge in [-0.25, -0.2) is 9.13 Å². The summed E-state index contributed by atoms with van der Waals surface area (Å²) in [5.74, 6) is -2.22. The Labute approximate surface area is 619 Å². The van der Waals surface area contributed by atoms with Crippen molar-refractivity contribution in [1.82, 2.24) is 0 Å². The summed E-state index contributed by atoms with van der Waals surface area (Å²) in [6.07, 6.45) is 80.6. The number of phosphoric acid groups is 2. The minimum Gasteiger partial charge on any atom is -0.462 e. The fraction of sp³-hybridized carbons (Fsp3) is 0.735. The molecule has 0 saturated carbocycles.